The van der Waals surface area contributed by atoms with Crippen molar-refractivity contribution in [2.75, 3.05) is 19.0 Å². The smallest absolute Gasteiger partial charge is 0.343 e. The standard InChI is InChI=1S/C15H22N2O4/c1-3-4-5-13(16)15(19)17-11-6-8-12(9-7-11)21-10-14(18)20-2/h6-9,13H,3-5,10,16H2,1-2H3,(H,17,19)/t13-/m0/s1. The highest BCUT2D eigenvalue weighted by Gasteiger charge is 2.12. The molecule has 3 N–H and O–H groups in total. The van der Waals surface area contributed by atoms with Crippen molar-refractivity contribution >= 4 is 17.6 Å². The van der Waals surface area contributed by atoms with Crippen molar-refractivity contribution in [1.82, 2.24) is 0 Å². The van der Waals surface area contributed by atoms with E-state index in [0.717, 1.165) is 12.8 Å². The summed E-state index contributed by atoms with van der Waals surface area (Å²) in [4.78, 5) is 22.8. The number of unbranched alkanes of at least 4 members (excludes halogenated alkanes) is 1. The number of esters is 1. The number of amides is 1. The number of ether oxygens (including phenoxy) is 2. The second-order valence-corrected chi connectivity index (χ2v) is 4.63. The SMILES string of the molecule is CCCC[C@H](N)C(=O)Nc1ccc(OCC(=O)OC)cc1. The molecule has 0 aromatic heterocycles. The Labute approximate surface area is 124 Å². The third kappa shape index (κ3) is 6.27. The molecule has 0 saturated heterocycles. The van der Waals surface area contributed by atoms with Crippen LogP contribution in [0.4, 0.5) is 5.69 Å². The number of anilines is 1. The Balaban J connectivity index is 2.46. The third-order valence-corrected chi connectivity index (χ3v) is 2.91. The molecule has 0 aliphatic carbocycles. The van der Waals surface area contributed by atoms with Gasteiger partial charge in [0, 0.05) is 5.69 Å². The Kier molecular flexibility index (Phi) is 7.25. The number of rotatable bonds is 8. The molecule has 116 valence electrons. The van der Waals surface area contributed by atoms with Gasteiger partial charge in [0.1, 0.15) is 5.75 Å². The monoisotopic (exact) mass is 294 g/mol. The summed E-state index contributed by atoms with van der Waals surface area (Å²) in [5.41, 5.74) is 6.43. The molecule has 1 rings (SSSR count). The van der Waals surface area contributed by atoms with Crippen LogP contribution in [0, 0.1) is 0 Å². The number of methoxy groups -OCH3 is 1. The minimum Gasteiger partial charge on any atom is -0.482 e. The van der Waals surface area contributed by atoms with E-state index in [2.05, 4.69) is 17.0 Å². The Morgan fingerprint density at radius 3 is 2.52 bits per heavy atom. The molecule has 6 heteroatoms. The Morgan fingerprint density at radius 1 is 1.29 bits per heavy atom. The second kappa shape index (κ2) is 8.97. The number of hydrogen-bond acceptors (Lipinski definition) is 5. The van der Waals surface area contributed by atoms with Gasteiger partial charge in [0.05, 0.1) is 13.2 Å². The number of carbonyl (C=O) groups excluding carboxylic acids is 2. The molecule has 0 aliphatic heterocycles. The number of benzene rings is 1. The first kappa shape index (κ1) is 17.0. The van der Waals surface area contributed by atoms with E-state index in [1.54, 1.807) is 24.3 Å². The fraction of sp³-hybridized carbons (Fsp3) is 0.467. The summed E-state index contributed by atoms with van der Waals surface area (Å²) < 4.78 is 9.68. The minimum absolute atomic E-state index is 0.149. The van der Waals surface area contributed by atoms with Crippen LogP contribution in [-0.2, 0) is 14.3 Å². The van der Waals surface area contributed by atoms with Crippen LogP contribution in [0.2, 0.25) is 0 Å². The maximum atomic E-state index is 11.8. The van der Waals surface area contributed by atoms with E-state index in [1.807, 2.05) is 0 Å². The lowest BCUT2D eigenvalue weighted by Crippen LogP contribution is -2.35. The molecular formula is C15H22N2O4. The minimum atomic E-state index is -0.500. The molecule has 1 atom stereocenters. The fourth-order valence-electron chi connectivity index (χ4n) is 1.63. The number of nitrogens with two attached hydrogens (primary N) is 1. The Morgan fingerprint density at radius 2 is 1.95 bits per heavy atom. The summed E-state index contributed by atoms with van der Waals surface area (Å²) in [5, 5.41) is 2.74. The van der Waals surface area contributed by atoms with Crippen LogP contribution in [0.3, 0.4) is 0 Å². The number of nitrogens with one attached hydrogen (secondary N) is 1. The quantitative estimate of drug-likeness (QED) is 0.712. The summed E-state index contributed by atoms with van der Waals surface area (Å²) in [6.45, 7) is 1.90. The van der Waals surface area contributed by atoms with Crippen LogP contribution in [0.5, 0.6) is 5.75 Å². The van der Waals surface area contributed by atoms with E-state index in [1.165, 1.54) is 7.11 Å². The van der Waals surface area contributed by atoms with E-state index < -0.39 is 12.0 Å². The van der Waals surface area contributed by atoms with Crippen LogP contribution in [0.15, 0.2) is 24.3 Å². The largest absolute Gasteiger partial charge is 0.482 e. The molecule has 0 unspecified atom stereocenters. The molecule has 1 amide bonds. The van der Waals surface area contributed by atoms with Crippen LogP contribution >= 0.6 is 0 Å². The topological polar surface area (TPSA) is 90.7 Å². The number of carbonyl (C=O) groups is 2. The van der Waals surface area contributed by atoms with Gasteiger partial charge in [-0.05, 0) is 30.7 Å². The predicted molar refractivity (Wildman–Crippen MR) is 80.1 cm³/mol. The summed E-state index contributed by atoms with van der Waals surface area (Å²) in [6.07, 6.45) is 2.60. The van der Waals surface area contributed by atoms with Crippen molar-refractivity contribution in [2.24, 2.45) is 5.73 Å². The summed E-state index contributed by atoms with van der Waals surface area (Å²) >= 11 is 0. The highest BCUT2D eigenvalue weighted by molar-refractivity contribution is 5.94. The first-order valence-corrected chi connectivity index (χ1v) is 6.93. The Bertz CT molecular complexity index is 459. The molecule has 1 aromatic carbocycles. The average Bonchev–Trinajstić information content (AvgIpc) is 2.51. The van der Waals surface area contributed by atoms with E-state index in [4.69, 9.17) is 10.5 Å². The van der Waals surface area contributed by atoms with E-state index in [-0.39, 0.29) is 12.5 Å². The van der Waals surface area contributed by atoms with Crippen LogP contribution in [0.1, 0.15) is 26.2 Å². The predicted octanol–water partition coefficient (Wildman–Crippen LogP) is 1.69. The summed E-state index contributed by atoms with van der Waals surface area (Å²) in [5.74, 6) is -0.130. The highest BCUT2D eigenvalue weighted by atomic mass is 16.6. The molecule has 21 heavy (non-hydrogen) atoms. The summed E-state index contributed by atoms with van der Waals surface area (Å²) in [7, 11) is 1.30. The van der Waals surface area contributed by atoms with Gasteiger partial charge >= 0.3 is 5.97 Å². The Hall–Kier alpha value is -2.08. The van der Waals surface area contributed by atoms with Gasteiger partial charge in [-0.2, -0.15) is 0 Å². The van der Waals surface area contributed by atoms with Gasteiger partial charge < -0.3 is 20.5 Å². The van der Waals surface area contributed by atoms with Gasteiger partial charge in [-0.3, -0.25) is 4.79 Å². The van der Waals surface area contributed by atoms with Crippen molar-refractivity contribution < 1.29 is 19.1 Å². The van der Waals surface area contributed by atoms with Gasteiger partial charge in [0.15, 0.2) is 6.61 Å². The molecule has 0 radical (unpaired) electrons. The van der Waals surface area contributed by atoms with Gasteiger partial charge in [-0.1, -0.05) is 19.8 Å². The van der Waals surface area contributed by atoms with Crippen LogP contribution in [-0.4, -0.2) is 31.6 Å². The van der Waals surface area contributed by atoms with E-state index in [9.17, 15) is 9.59 Å². The zero-order valence-corrected chi connectivity index (χ0v) is 12.4. The molecule has 6 nitrogen and oxygen atoms in total. The van der Waals surface area contributed by atoms with Crippen molar-refractivity contribution in [3.63, 3.8) is 0 Å². The van der Waals surface area contributed by atoms with Crippen LogP contribution in [0.25, 0.3) is 0 Å². The molecule has 0 aliphatic rings. The second-order valence-electron chi connectivity index (χ2n) is 4.63. The van der Waals surface area contributed by atoms with E-state index >= 15 is 0 Å². The van der Waals surface area contributed by atoms with Crippen molar-refractivity contribution in [3.8, 4) is 5.75 Å². The fourth-order valence-corrected chi connectivity index (χ4v) is 1.63. The van der Waals surface area contributed by atoms with Gasteiger partial charge in [-0.15, -0.1) is 0 Å². The molecule has 0 bridgehead atoms. The zero-order chi connectivity index (χ0) is 15.7. The molecule has 1 aromatic rings. The van der Waals surface area contributed by atoms with Gasteiger partial charge in [0.25, 0.3) is 0 Å². The molecule has 0 fully saturated rings. The number of hydrogen-bond donors (Lipinski definition) is 2. The summed E-state index contributed by atoms with van der Waals surface area (Å²) in [6, 6.07) is 6.21. The first-order valence-electron chi connectivity index (χ1n) is 6.93. The lowest BCUT2D eigenvalue weighted by Gasteiger charge is -2.12. The molecule has 0 saturated carbocycles. The lowest BCUT2D eigenvalue weighted by molar-refractivity contribution is -0.142. The first-order chi connectivity index (χ1) is 10.1. The van der Waals surface area contributed by atoms with Crippen LogP contribution < -0.4 is 15.8 Å². The van der Waals surface area contributed by atoms with E-state index in [0.29, 0.717) is 17.9 Å². The van der Waals surface area contributed by atoms with Gasteiger partial charge in [0.2, 0.25) is 5.91 Å². The van der Waals surface area contributed by atoms with Crippen molar-refractivity contribution in [3.05, 3.63) is 24.3 Å². The van der Waals surface area contributed by atoms with Gasteiger partial charge in [-0.25, -0.2) is 4.79 Å². The molecular weight excluding hydrogens is 272 g/mol. The highest BCUT2D eigenvalue weighted by Crippen LogP contribution is 2.16. The lowest BCUT2D eigenvalue weighted by atomic mass is 10.1. The normalized spacial score (nSPS) is 11.6. The van der Waals surface area contributed by atoms with Crippen molar-refractivity contribution in [2.45, 2.75) is 32.2 Å². The maximum absolute atomic E-state index is 11.8. The zero-order valence-electron chi connectivity index (χ0n) is 12.4. The average molecular weight is 294 g/mol. The molecule has 0 spiro atoms. The molecule has 0 heterocycles. The van der Waals surface area contributed by atoms with Crippen molar-refractivity contribution in [1.29, 1.82) is 0 Å². The maximum Gasteiger partial charge on any atom is 0.343 e. The third-order valence-electron chi connectivity index (χ3n) is 2.91.